The van der Waals surface area contributed by atoms with Crippen molar-refractivity contribution in [2.24, 2.45) is 10.7 Å². The highest BCUT2D eigenvalue weighted by molar-refractivity contribution is 7.80. The summed E-state index contributed by atoms with van der Waals surface area (Å²) in [7, 11) is 0. The van der Waals surface area contributed by atoms with Crippen LogP contribution in [0.5, 0.6) is 0 Å². The molecule has 0 amide bonds. The monoisotopic (exact) mass is 265 g/mol. The molecule has 0 saturated heterocycles. The van der Waals surface area contributed by atoms with Gasteiger partial charge in [0.2, 0.25) is 0 Å². The second kappa shape index (κ2) is 8.41. The van der Waals surface area contributed by atoms with E-state index in [0.717, 1.165) is 25.1 Å². The van der Waals surface area contributed by atoms with E-state index in [1.807, 2.05) is 18.2 Å². The summed E-state index contributed by atoms with van der Waals surface area (Å²) in [6, 6.07) is 5.73. The Labute approximate surface area is 113 Å². The number of hydrogen-bond donors (Lipinski definition) is 3. The van der Waals surface area contributed by atoms with Gasteiger partial charge in [-0.15, -0.1) is 0 Å². The maximum absolute atomic E-state index is 5.68. The normalized spacial score (nSPS) is 11.1. The zero-order chi connectivity index (χ0) is 13.2. The van der Waals surface area contributed by atoms with Crippen molar-refractivity contribution >= 4 is 23.3 Å². The van der Waals surface area contributed by atoms with Crippen molar-refractivity contribution in [2.75, 3.05) is 6.54 Å². The number of nitrogens with zero attached hydrogens (tertiary/aromatic N) is 2. The van der Waals surface area contributed by atoms with Crippen molar-refractivity contribution < 1.29 is 0 Å². The summed E-state index contributed by atoms with van der Waals surface area (Å²) in [6.07, 6.45) is 3.86. The molecule has 1 rings (SSSR count). The highest BCUT2D eigenvalue weighted by Crippen LogP contribution is 1.91. The van der Waals surface area contributed by atoms with Crippen molar-refractivity contribution in [3.8, 4) is 0 Å². The first-order valence-electron chi connectivity index (χ1n) is 5.97. The van der Waals surface area contributed by atoms with E-state index in [2.05, 4.69) is 27.5 Å². The molecule has 0 aliphatic heterocycles. The molecule has 0 aliphatic rings. The molecule has 1 aromatic rings. The lowest BCUT2D eigenvalue weighted by Crippen LogP contribution is -2.43. The van der Waals surface area contributed by atoms with E-state index in [1.165, 1.54) is 0 Å². The lowest BCUT2D eigenvalue weighted by atomic mass is 10.3. The fraction of sp³-hybridized carbons (Fsp3) is 0.417. The van der Waals surface area contributed by atoms with Gasteiger partial charge in [-0.3, -0.25) is 9.98 Å². The Morgan fingerprint density at radius 2 is 2.33 bits per heavy atom. The van der Waals surface area contributed by atoms with Gasteiger partial charge in [0.15, 0.2) is 11.1 Å². The first-order valence-corrected chi connectivity index (χ1v) is 6.38. The van der Waals surface area contributed by atoms with Crippen LogP contribution in [0.2, 0.25) is 0 Å². The summed E-state index contributed by atoms with van der Waals surface area (Å²) >= 11 is 5.10. The molecule has 98 valence electrons. The SMILES string of the molecule is CCCCN=C(N)NC(=S)NCc1ccccn1. The maximum atomic E-state index is 5.68. The molecule has 4 N–H and O–H groups in total. The molecular weight excluding hydrogens is 246 g/mol. The fourth-order valence-electron chi connectivity index (χ4n) is 1.23. The molecule has 1 heterocycles. The first-order chi connectivity index (χ1) is 8.72. The van der Waals surface area contributed by atoms with E-state index in [0.29, 0.717) is 17.6 Å². The molecular formula is C12H19N5S. The number of nitrogens with one attached hydrogen (secondary N) is 2. The minimum atomic E-state index is 0.349. The summed E-state index contributed by atoms with van der Waals surface area (Å²) in [5, 5.41) is 6.30. The highest BCUT2D eigenvalue weighted by Gasteiger charge is 1.98. The predicted molar refractivity (Wildman–Crippen MR) is 78.2 cm³/mol. The van der Waals surface area contributed by atoms with Gasteiger partial charge in [0.1, 0.15) is 0 Å². The number of aliphatic imine (C=N–C) groups is 1. The van der Waals surface area contributed by atoms with Gasteiger partial charge in [0.05, 0.1) is 12.2 Å². The van der Waals surface area contributed by atoms with Crippen LogP contribution < -0.4 is 16.4 Å². The van der Waals surface area contributed by atoms with Gasteiger partial charge < -0.3 is 16.4 Å². The standard InChI is InChI=1S/C12H19N5S/c1-2-3-7-15-11(13)17-12(18)16-9-10-6-4-5-8-14-10/h4-6,8H,2-3,7,9H2,1H3,(H4,13,15,16,17,18). The summed E-state index contributed by atoms with van der Waals surface area (Å²) in [4.78, 5) is 8.33. The number of nitrogens with two attached hydrogens (primary N) is 1. The molecule has 0 aliphatic carbocycles. The van der Waals surface area contributed by atoms with Crippen LogP contribution in [0, 0.1) is 0 Å². The van der Waals surface area contributed by atoms with Crippen LogP contribution in [-0.4, -0.2) is 22.6 Å². The van der Waals surface area contributed by atoms with Gasteiger partial charge in [-0.05, 0) is 30.8 Å². The number of rotatable bonds is 5. The Morgan fingerprint density at radius 1 is 1.50 bits per heavy atom. The van der Waals surface area contributed by atoms with Gasteiger partial charge in [0, 0.05) is 12.7 Å². The van der Waals surface area contributed by atoms with Gasteiger partial charge in [0.25, 0.3) is 0 Å². The van der Waals surface area contributed by atoms with Gasteiger partial charge in [-0.25, -0.2) is 0 Å². The van der Waals surface area contributed by atoms with Gasteiger partial charge in [-0.1, -0.05) is 19.4 Å². The molecule has 18 heavy (non-hydrogen) atoms. The average molecular weight is 265 g/mol. The number of guanidine groups is 1. The van der Waals surface area contributed by atoms with E-state index in [-0.39, 0.29) is 0 Å². The second-order valence-corrected chi connectivity index (χ2v) is 4.16. The Bertz CT molecular complexity index is 391. The van der Waals surface area contributed by atoms with Crippen LogP contribution in [0.1, 0.15) is 25.5 Å². The Kier molecular flexibility index (Phi) is 6.71. The van der Waals surface area contributed by atoms with Crippen LogP contribution >= 0.6 is 12.2 Å². The largest absolute Gasteiger partial charge is 0.370 e. The topological polar surface area (TPSA) is 75.3 Å². The molecule has 0 bridgehead atoms. The molecule has 5 nitrogen and oxygen atoms in total. The third kappa shape index (κ3) is 6.15. The predicted octanol–water partition coefficient (Wildman–Crippen LogP) is 1.16. The molecule has 6 heteroatoms. The molecule has 0 fully saturated rings. The minimum absolute atomic E-state index is 0.349. The zero-order valence-electron chi connectivity index (χ0n) is 10.5. The maximum Gasteiger partial charge on any atom is 0.194 e. The molecule has 0 saturated carbocycles. The van der Waals surface area contributed by atoms with Crippen LogP contribution in [-0.2, 0) is 6.54 Å². The number of unbranched alkanes of at least 4 members (excludes halogenated alkanes) is 1. The Balaban J connectivity index is 2.27. The van der Waals surface area contributed by atoms with Crippen molar-refractivity contribution in [3.05, 3.63) is 30.1 Å². The molecule has 1 aromatic heterocycles. The van der Waals surface area contributed by atoms with Crippen LogP contribution in [0.4, 0.5) is 0 Å². The van der Waals surface area contributed by atoms with Crippen molar-refractivity contribution in [1.82, 2.24) is 15.6 Å². The van der Waals surface area contributed by atoms with E-state index in [9.17, 15) is 0 Å². The summed E-state index contributed by atoms with van der Waals surface area (Å²) < 4.78 is 0. The van der Waals surface area contributed by atoms with Crippen LogP contribution in [0.15, 0.2) is 29.4 Å². The van der Waals surface area contributed by atoms with Crippen LogP contribution in [0.25, 0.3) is 0 Å². The summed E-state index contributed by atoms with van der Waals surface area (Å²) in [5.74, 6) is 0.349. The molecule has 0 unspecified atom stereocenters. The van der Waals surface area contributed by atoms with Crippen molar-refractivity contribution in [3.63, 3.8) is 0 Å². The number of hydrogen-bond acceptors (Lipinski definition) is 3. The van der Waals surface area contributed by atoms with Gasteiger partial charge in [-0.2, -0.15) is 0 Å². The minimum Gasteiger partial charge on any atom is -0.370 e. The number of aromatic nitrogens is 1. The quantitative estimate of drug-likeness (QED) is 0.322. The third-order valence-electron chi connectivity index (χ3n) is 2.19. The average Bonchev–Trinajstić information content (AvgIpc) is 2.38. The number of pyridine rings is 1. The number of thiocarbonyl (C=S) groups is 1. The van der Waals surface area contributed by atoms with E-state index in [1.54, 1.807) is 6.20 Å². The van der Waals surface area contributed by atoms with E-state index >= 15 is 0 Å². The first kappa shape index (κ1) is 14.4. The van der Waals surface area contributed by atoms with Crippen LogP contribution in [0.3, 0.4) is 0 Å². The van der Waals surface area contributed by atoms with E-state index in [4.69, 9.17) is 18.0 Å². The van der Waals surface area contributed by atoms with Gasteiger partial charge >= 0.3 is 0 Å². The van der Waals surface area contributed by atoms with Crippen molar-refractivity contribution in [2.45, 2.75) is 26.3 Å². The highest BCUT2D eigenvalue weighted by atomic mass is 32.1. The lowest BCUT2D eigenvalue weighted by Gasteiger charge is -2.09. The van der Waals surface area contributed by atoms with Crippen molar-refractivity contribution in [1.29, 1.82) is 0 Å². The zero-order valence-corrected chi connectivity index (χ0v) is 11.3. The van der Waals surface area contributed by atoms with E-state index < -0.39 is 0 Å². The molecule has 0 atom stereocenters. The molecule has 0 radical (unpaired) electrons. The second-order valence-electron chi connectivity index (χ2n) is 3.75. The smallest absolute Gasteiger partial charge is 0.194 e. The lowest BCUT2D eigenvalue weighted by molar-refractivity contribution is 0.803. The summed E-state index contributed by atoms with van der Waals surface area (Å²) in [5.41, 5.74) is 6.60. The Hall–Kier alpha value is -1.69. The Morgan fingerprint density at radius 3 is 3.00 bits per heavy atom. The third-order valence-corrected chi connectivity index (χ3v) is 2.44. The molecule has 0 spiro atoms. The summed E-state index contributed by atoms with van der Waals surface area (Å²) in [6.45, 7) is 3.39. The molecule has 0 aromatic carbocycles. The fourth-order valence-corrected chi connectivity index (χ4v) is 1.41.